The van der Waals surface area contributed by atoms with Gasteiger partial charge in [0.2, 0.25) is 5.78 Å². The molecule has 5 aromatic rings. The van der Waals surface area contributed by atoms with Crippen molar-refractivity contribution in [1.29, 1.82) is 0 Å². The number of hydrogen-bond acceptors (Lipinski definition) is 9. The van der Waals surface area contributed by atoms with E-state index in [9.17, 15) is 14.4 Å². The summed E-state index contributed by atoms with van der Waals surface area (Å²) in [5.74, 6) is -0.484. The minimum absolute atomic E-state index is 0.0871. The maximum absolute atomic E-state index is 12.6. The summed E-state index contributed by atoms with van der Waals surface area (Å²) in [7, 11) is 1.18. The molecule has 0 aliphatic heterocycles. The number of nitrogens with zero attached hydrogens (tertiary/aromatic N) is 4. The van der Waals surface area contributed by atoms with Gasteiger partial charge in [0.15, 0.2) is 5.82 Å². The minimum Gasteiger partial charge on any atom is -0.463 e. The predicted molar refractivity (Wildman–Crippen MR) is 150 cm³/mol. The standard InChI is InChI=1S/C30H27N5O5/c1-30(2,3)40-29(38)35-24-13-12-21(16-20(24)17-31-35)32-27-22-10-5-6-11-23(22)33-26(34-27)19-9-7-8-18(14-19)15-25(36)28(37)39-4/h5-14,16-17H,15H2,1-4H3,(H,32,33,34). The number of Topliss-reactive ketones (excluding diaryl/α,β-unsaturated/α-hetero) is 1. The molecule has 40 heavy (non-hydrogen) atoms. The van der Waals surface area contributed by atoms with E-state index in [-0.39, 0.29) is 6.42 Å². The molecule has 0 atom stereocenters. The number of benzene rings is 3. The maximum atomic E-state index is 12.6. The van der Waals surface area contributed by atoms with Crippen LogP contribution >= 0.6 is 0 Å². The Morgan fingerprint density at radius 1 is 0.950 bits per heavy atom. The van der Waals surface area contributed by atoms with Gasteiger partial charge >= 0.3 is 12.1 Å². The van der Waals surface area contributed by atoms with Crippen molar-refractivity contribution in [3.63, 3.8) is 0 Å². The van der Waals surface area contributed by atoms with Crippen LogP contribution in [0.4, 0.5) is 16.3 Å². The van der Waals surface area contributed by atoms with Crippen molar-refractivity contribution in [1.82, 2.24) is 19.7 Å². The van der Waals surface area contributed by atoms with E-state index in [0.29, 0.717) is 28.3 Å². The molecular weight excluding hydrogens is 510 g/mol. The van der Waals surface area contributed by atoms with E-state index in [2.05, 4.69) is 15.2 Å². The highest BCUT2D eigenvalue weighted by Gasteiger charge is 2.20. The monoisotopic (exact) mass is 537 g/mol. The van der Waals surface area contributed by atoms with Gasteiger partial charge in [0, 0.05) is 28.4 Å². The normalized spacial score (nSPS) is 11.4. The zero-order valence-corrected chi connectivity index (χ0v) is 22.5. The summed E-state index contributed by atoms with van der Waals surface area (Å²) >= 11 is 0. The average molecular weight is 538 g/mol. The number of nitrogens with one attached hydrogen (secondary N) is 1. The molecular formula is C30H27N5O5. The Kier molecular flexibility index (Phi) is 7.00. The average Bonchev–Trinajstić information content (AvgIpc) is 3.35. The lowest BCUT2D eigenvalue weighted by Gasteiger charge is -2.19. The van der Waals surface area contributed by atoms with Gasteiger partial charge in [0.1, 0.15) is 11.4 Å². The second-order valence-electron chi connectivity index (χ2n) is 10.1. The molecule has 0 unspecified atom stereocenters. The molecule has 0 fully saturated rings. The second-order valence-corrected chi connectivity index (χ2v) is 10.1. The number of hydrogen-bond donors (Lipinski definition) is 1. The number of methoxy groups -OCH3 is 1. The third-order valence-corrected chi connectivity index (χ3v) is 5.96. The lowest BCUT2D eigenvalue weighted by atomic mass is 10.1. The minimum atomic E-state index is -0.882. The van der Waals surface area contributed by atoms with E-state index in [4.69, 9.17) is 14.7 Å². The molecule has 0 aliphatic rings. The maximum Gasteiger partial charge on any atom is 0.435 e. The summed E-state index contributed by atoms with van der Waals surface area (Å²) in [6, 6.07) is 20.3. The van der Waals surface area contributed by atoms with Gasteiger partial charge in [-0.2, -0.15) is 9.78 Å². The van der Waals surface area contributed by atoms with E-state index >= 15 is 0 Å². The Labute approximate surface area is 230 Å². The Morgan fingerprint density at radius 2 is 1.75 bits per heavy atom. The van der Waals surface area contributed by atoms with Crippen LogP contribution in [-0.2, 0) is 25.5 Å². The van der Waals surface area contributed by atoms with Crippen molar-refractivity contribution in [2.75, 3.05) is 12.4 Å². The van der Waals surface area contributed by atoms with Gasteiger partial charge in [-0.05, 0) is 62.7 Å². The first kappa shape index (κ1) is 26.5. The van der Waals surface area contributed by atoms with E-state index in [0.717, 1.165) is 22.0 Å². The van der Waals surface area contributed by atoms with E-state index < -0.39 is 23.4 Å². The molecule has 3 aromatic carbocycles. The fraction of sp³-hybridized carbons (Fsp3) is 0.200. The number of carbonyl (C=O) groups is 3. The van der Waals surface area contributed by atoms with Gasteiger partial charge in [0.25, 0.3) is 0 Å². The van der Waals surface area contributed by atoms with Crippen molar-refractivity contribution < 1.29 is 23.9 Å². The smallest absolute Gasteiger partial charge is 0.435 e. The molecule has 0 radical (unpaired) electrons. The number of ether oxygens (including phenoxy) is 2. The number of para-hydroxylation sites is 1. The van der Waals surface area contributed by atoms with Crippen molar-refractivity contribution >= 4 is 51.2 Å². The summed E-state index contributed by atoms with van der Waals surface area (Å²) in [5, 5.41) is 9.15. The Balaban J connectivity index is 1.48. The highest BCUT2D eigenvalue weighted by Crippen LogP contribution is 2.29. The summed E-state index contributed by atoms with van der Waals surface area (Å²) in [6.45, 7) is 5.41. The van der Waals surface area contributed by atoms with Crippen molar-refractivity contribution in [3.05, 3.63) is 78.5 Å². The topological polar surface area (TPSA) is 125 Å². The molecule has 0 aliphatic carbocycles. The first-order valence-corrected chi connectivity index (χ1v) is 12.6. The number of fused-ring (bicyclic) bond motifs is 2. The number of rotatable bonds is 6. The van der Waals surface area contributed by atoms with Gasteiger partial charge < -0.3 is 14.8 Å². The first-order valence-electron chi connectivity index (χ1n) is 12.6. The number of esters is 1. The molecule has 0 saturated heterocycles. The van der Waals surface area contributed by atoms with Crippen LogP contribution in [0.15, 0.2) is 72.9 Å². The quantitative estimate of drug-likeness (QED) is 0.222. The van der Waals surface area contributed by atoms with Gasteiger partial charge in [-0.25, -0.2) is 19.6 Å². The number of carbonyl (C=O) groups excluding carboxylic acids is 3. The van der Waals surface area contributed by atoms with Crippen LogP contribution in [0.25, 0.3) is 33.2 Å². The summed E-state index contributed by atoms with van der Waals surface area (Å²) < 4.78 is 11.2. The molecule has 2 heterocycles. The highest BCUT2D eigenvalue weighted by molar-refractivity contribution is 6.34. The van der Waals surface area contributed by atoms with Crippen molar-refractivity contribution in [3.8, 4) is 11.4 Å². The van der Waals surface area contributed by atoms with Crippen molar-refractivity contribution in [2.45, 2.75) is 32.8 Å². The van der Waals surface area contributed by atoms with Crippen LogP contribution in [0, 0.1) is 0 Å². The molecule has 1 N–H and O–H groups in total. The number of anilines is 2. The molecule has 2 aromatic heterocycles. The predicted octanol–water partition coefficient (Wildman–Crippen LogP) is 5.46. The second kappa shape index (κ2) is 10.6. The molecule has 0 bridgehead atoms. The zero-order valence-electron chi connectivity index (χ0n) is 22.5. The van der Waals surface area contributed by atoms with Gasteiger partial charge in [0.05, 0.1) is 24.3 Å². The SMILES string of the molecule is COC(=O)C(=O)Cc1cccc(-c2nc(Nc3ccc4c(cnn4C(=O)OC(C)(C)C)c3)c3ccccc3n2)c1. The molecule has 10 heteroatoms. The number of aromatic nitrogens is 4. The fourth-order valence-corrected chi connectivity index (χ4v) is 4.19. The van der Waals surface area contributed by atoms with Crippen LogP contribution in [0.3, 0.4) is 0 Å². The van der Waals surface area contributed by atoms with E-state index in [1.165, 1.54) is 11.8 Å². The Hall–Kier alpha value is -5.12. The molecule has 10 nitrogen and oxygen atoms in total. The Morgan fingerprint density at radius 3 is 2.52 bits per heavy atom. The molecule has 0 saturated carbocycles. The fourth-order valence-electron chi connectivity index (χ4n) is 4.19. The molecule has 202 valence electrons. The van der Waals surface area contributed by atoms with Gasteiger partial charge in [-0.3, -0.25) is 4.79 Å². The summed E-state index contributed by atoms with van der Waals surface area (Å²) in [4.78, 5) is 45.7. The highest BCUT2D eigenvalue weighted by atomic mass is 16.6. The summed E-state index contributed by atoms with van der Waals surface area (Å²) in [5.41, 5.74) is 2.78. The van der Waals surface area contributed by atoms with Gasteiger partial charge in [-0.1, -0.05) is 30.3 Å². The van der Waals surface area contributed by atoms with Gasteiger partial charge in [-0.15, -0.1) is 0 Å². The summed E-state index contributed by atoms with van der Waals surface area (Å²) in [6.07, 6.45) is 0.968. The zero-order chi connectivity index (χ0) is 28.4. The van der Waals surface area contributed by atoms with Crippen LogP contribution < -0.4 is 5.32 Å². The Bertz CT molecular complexity index is 1770. The molecule has 5 rings (SSSR count). The van der Waals surface area contributed by atoms with Crippen LogP contribution in [0.2, 0.25) is 0 Å². The lowest BCUT2D eigenvalue weighted by Crippen LogP contribution is -2.27. The first-order chi connectivity index (χ1) is 19.1. The van der Waals surface area contributed by atoms with Crippen LogP contribution in [0.5, 0.6) is 0 Å². The number of ketones is 1. The largest absolute Gasteiger partial charge is 0.463 e. The van der Waals surface area contributed by atoms with E-state index in [1.807, 2.05) is 42.5 Å². The van der Waals surface area contributed by atoms with E-state index in [1.54, 1.807) is 51.2 Å². The molecule has 0 spiro atoms. The third kappa shape index (κ3) is 5.65. The molecule has 0 amide bonds. The third-order valence-electron chi connectivity index (χ3n) is 5.96. The van der Waals surface area contributed by atoms with Crippen molar-refractivity contribution in [2.24, 2.45) is 0 Å². The van der Waals surface area contributed by atoms with Crippen LogP contribution in [0.1, 0.15) is 26.3 Å². The lowest BCUT2D eigenvalue weighted by molar-refractivity contribution is -0.151. The van der Waals surface area contributed by atoms with Crippen LogP contribution in [-0.4, -0.2) is 50.3 Å².